The number of pyridine rings is 1. The number of rotatable bonds is 8. The standard InChI is InChI=1S/C28H32FN3O/c1-33-18-20-7-9-21(10-8-20)22-11-13-23(14-12-22)32(19-28(30)15-2-3-16-28)26-17-24(26)25-5-4-6-27(29)31-25/h4-14,24,26H,2-3,15-19,30H2,1H3/t24-,26?/m1/s1. The number of benzene rings is 2. The number of nitrogens with zero attached hydrogens (tertiary/aromatic N) is 2. The SMILES string of the molecule is COCc1ccc(-c2ccc(N(CC3(N)CCCC3)C3C[C@@H]3c3cccc(F)n3)cc2)cc1. The first kappa shape index (κ1) is 22.1. The van der Waals surface area contributed by atoms with Crippen LogP contribution in [0.3, 0.4) is 0 Å². The smallest absolute Gasteiger partial charge is 0.213 e. The third-order valence-electron chi connectivity index (χ3n) is 7.16. The van der Waals surface area contributed by atoms with Gasteiger partial charge in [0.05, 0.1) is 6.61 Å². The van der Waals surface area contributed by atoms with Gasteiger partial charge in [-0.15, -0.1) is 0 Å². The molecule has 2 saturated carbocycles. The van der Waals surface area contributed by atoms with Crippen molar-refractivity contribution in [3.8, 4) is 11.1 Å². The molecule has 0 bridgehead atoms. The van der Waals surface area contributed by atoms with Crippen molar-refractivity contribution in [2.24, 2.45) is 5.73 Å². The Morgan fingerprint density at radius 1 is 1.00 bits per heavy atom. The van der Waals surface area contributed by atoms with Crippen LogP contribution in [-0.2, 0) is 11.3 Å². The fourth-order valence-corrected chi connectivity index (χ4v) is 5.26. The number of hydrogen-bond acceptors (Lipinski definition) is 4. The zero-order valence-electron chi connectivity index (χ0n) is 19.2. The molecule has 2 aliphatic rings. The van der Waals surface area contributed by atoms with E-state index in [1.54, 1.807) is 13.2 Å². The highest BCUT2D eigenvalue weighted by atomic mass is 19.1. The number of anilines is 1. The predicted molar refractivity (Wildman–Crippen MR) is 131 cm³/mol. The minimum atomic E-state index is -0.406. The lowest BCUT2D eigenvalue weighted by Crippen LogP contribution is -2.49. The average Bonchev–Trinajstić information content (AvgIpc) is 3.51. The predicted octanol–water partition coefficient (Wildman–Crippen LogP) is 5.67. The minimum absolute atomic E-state index is 0.154. The summed E-state index contributed by atoms with van der Waals surface area (Å²) in [6.45, 7) is 1.45. The monoisotopic (exact) mass is 445 g/mol. The summed E-state index contributed by atoms with van der Waals surface area (Å²) in [4.78, 5) is 6.60. The second-order valence-corrected chi connectivity index (χ2v) is 9.67. The summed E-state index contributed by atoms with van der Waals surface area (Å²) >= 11 is 0. The van der Waals surface area contributed by atoms with Gasteiger partial charge in [0.15, 0.2) is 0 Å². The van der Waals surface area contributed by atoms with E-state index >= 15 is 0 Å². The molecule has 0 spiro atoms. The van der Waals surface area contributed by atoms with Crippen LogP contribution in [0.15, 0.2) is 66.7 Å². The lowest BCUT2D eigenvalue weighted by atomic mass is 9.97. The minimum Gasteiger partial charge on any atom is -0.380 e. The summed E-state index contributed by atoms with van der Waals surface area (Å²) in [6.07, 6.45) is 5.50. The second-order valence-electron chi connectivity index (χ2n) is 9.67. The Hall–Kier alpha value is -2.76. The Morgan fingerprint density at radius 2 is 1.67 bits per heavy atom. The quantitative estimate of drug-likeness (QED) is 0.454. The van der Waals surface area contributed by atoms with Crippen molar-refractivity contribution in [2.45, 2.75) is 56.2 Å². The van der Waals surface area contributed by atoms with Crippen LogP contribution >= 0.6 is 0 Å². The fourth-order valence-electron chi connectivity index (χ4n) is 5.26. The zero-order valence-corrected chi connectivity index (χ0v) is 19.2. The molecule has 0 aliphatic heterocycles. The summed E-state index contributed by atoms with van der Waals surface area (Å²) in [5.74, 6) is -0.157. The molecule has 2 aliphatic carbocycles. The van der Waals surface area contributed by atoms with Crippen LogP contribution in [0.2, 0.25) is 0 Å². The maximum absolute atomic E-state index is 13.7. The molecule has 172 valence electrons. The van der Waals surface area contributed by atoms with E-state index < -0.39 is 5.95 Å². The van der Waals surface area contributed by atoms with Crippen LogP contribution in [-0.4, -0.2) is 30.2 Å². The summed E-state index contributed by atoms with van der Waals surface area (Å²) in [5.41, 5.74) is 12.2. The Balaban J connectivity index is 1.38. The molecule has 2 aromatic carbocycles. The lowest BCUT2D eigenvalue weighted by Gasteiger charge is -2.34. The van der Waals surface area contributed by atoms with Gasteiger partial charge in [-0.25, -0.2) is 4.98 Å². The number of ether oxygens (including phenoxy) is 1. The number of halogens is 1. The molecule has 5 rings (SSSR count). The molecule has 0 amide bonds. The van der Waals surface area contributed by atoms with Crippen LogP contribution in [0.1, 0.15) is 49.3 Å². The van der Waals surface area contributed by atoms with Crippen molar-refractivity contribution in [1.82, 2.24) is 4.98 Å². The molecule has 0 saturated heterocycles. The van der Waals surface area contributed by atoms with E-state index in [4.69, 9.17) is 10.5 Å². The number of nitrogens with two attached hydrogens (primary N) is 1. The van der Waals surface area contributed by atoms with E-state index in [1.807, 2.05) is 6.07 Å². The first-order chi connectivity index (χ1) is 16.0. The molecule has 2 atom stereocenters. The van der Waals surface area contributed by atoms with E-state index in [0.29, 0.717) is 12.6 Å². The molecule has 0 radical (unpaired) electrons. The highest BCUT2D eigenvalue weighted by Gasteiger charge is 2.46. The van der Waals surface area contributed by atoms with Gasteiger partial charge in [-0.05, 0) is 60.2 Å². The van der Waals surface area contributed by atoms with E-state index in [1.165, 1.54) is 41.3 Å². The molecular weight excluding hydrogens is 413 g/mol. The molecule has 1 heterocycles. The lowest BCUT2D eigenvalue weighted by molar-refractivity contribution is 0.185. The van der Waals surface area contributed by atoms with E-state index in [0.717, 1.165) is 31.5 Å². The molecule has 5 heteroatoms. The molecule has 1 aromatic heterocycles. The first-order valence-electron chi connectivity index (χ1n) is 11.9. The second kappa shape index (κ2) is 9.24. The van der Waals surface area contributed by atoms with Crippen molar-refractivity contribution in [1.29, 1.82) is 0 Å². The van der Waals surface area contributed by atoms with Crippen LogP contribution in [0, 0.1) is 5.95 Å². The maximum Gasteiger partial charge on any atom is 0.213 e. The van der Waals surface area contributed by atoms with Gasteiger partial charge in [0.1, 0.15) is 0 Å². The normalized spacial score (nSPS) is 21.2. The van der Waals surface area contributed by atoms with Gasteiger partial charge < -0.3 is 15.4 Å². The molecule has 2 fully saturated rings. The highest BCUT2D eigenvalue weighted by Crippen LogP contribution is 2.47. The Labute approximate surface area is 195 Å². The van der Waals surface area contributed by atoms with Crippen molar-refractivity contribution in [3.63, 3.8) is 0 Å². The largest absolute Gasteiger partial charge is 0.380 e. The molecule has 1 unspecified atom stereocenters. The summed E-state index contributed by atoms with van der Waals surface area (Å²) in [5, 5.41) is 0. The van der Waals surface area contributed by atoms with Gasteiger partial charge in [-0.3, -0.25) is 0 Å². The van der Waals surface area contributed by atoms with Gasteiger partial charge in [0.25, 0.3) is 0 Å². The van der Waals surface area contributed by atoms with Gasteiger partial charge in [-0.1, -0.05) is 55.3 Å². The molecule has 2 N–H and O–H groups in total. The van der Waals surface area contributed by atoms with Crippen molar-refractivity contribution in [3.05, 3.63) is 83.9 Å². The van der Waals surface area contributed by atoms with E-state index in [-0.39, 0.29) is 11.5 Å². The van der Waals surface area contributed by atoms with Crippen molar-refractivity contribution in [2.75, 3.05) is 18.6 Å². The van der Waals surface area contributed by atoms with Gasteiger partial charge >= 0.3 is 0 Å². The highest BCUT2D eigenvalue weighted by molar-refractivity contribution is 5.67. The van der Waals surface area contributed by atoms with Gasteiger partial charge in [-0.2, -0.15) is 4.39 Å². The third kappa shape index (κ3) is 4.94. The van der Waals surface area contributed by atoms with Crippen LogP contribution in [0.4, 0.5) is 10.1 Å². The summed E-state index contributed by atoms with van der Waals surface area (Å²) < 4.78 is 18.9. The third-order valence-corrected chi connectivity index (χ3v) is 7.16. The van der Waals surface area contributed by atoms with Crippen molar-refractivity contribution < 1.29 is 9.13 Å². The molecular formula is C28H32FN3O. The Bertz CT molecular complexity index is 1080. The van der Waals surface area contributed by atoms with Gasteiger partial charge in [0.2, 0.25) is 5.95 Å². The number of aromatic nitrogens is 1. The van der Waals surface area contributed by atoms with Crippen molar-refractivity contribution >= 4 is 5.69 Å². The first-order valence-corrected chi connectivity index (χ1v) is 11.9. The van der Waals surface area contributed by atoms with Crippen LogP contribution in [0.5, 0.6) is 0 Å². The number of methoxy groups -OCH3 is 1. The van der Waals surface area contributed by atoms with Crippen LogP contribution < -0.4 is 10.6 Å². The summed E-state index contributed by atoms with van der Waals surface area (Å²) in [7, 11) is 1.71. The van der Waals surface area contributed by atoms with Gasteiger partial charge in [0, 0.05) is 42.5 Å². The molecule has 4 nitrogen and oxygen atoms in total. The zero-order chi connectivity index (χ0) is 22.8. The topological polar surface area (TPSA) is 51.4 Å². The van der Waals surface area contributed by atoms with E-state index in [9.17, 15) is 4.39 Å². The Morgan fingerprint density at radius 3 is 2.30 bits per heavy atom. The number of hydrogen-bond donors (Lipinski definition) is 1. The maximum atomic E-state index is 13.7. The van der Waals surface area contributed by atoms with E-state index in [2.05, 4.69) is 58.4 Å². The molecule has 3 aromatic rings. The average molecular weight is 446 g/mol. The Kier molecular flexibility index (Phi) is 6.17. The summed E-state index contributed by atoms with van der Waals surface area (Å²) in [6, 6.07) is 22.7. The van der Waals surface area contributed by atoms with Crippen LogP contribution in [0.25, 0.3) is 11.1 Å². The fraction of sp³-hybridized carbons (Fsp3) is 0.393. The molecule has 33 heavy (non-hydrogen) atoms.